The lowest BCUT2D eigenvalue weighted by atomic mass is 9.99. The van der Waals surface area contributed by atoms with Crippen molar-refractivity contribution < 1.29 is 14.7 Å². The van der Waals surface area contributed by atoms with Crippen LogP contribution in [0.3, 0.4) is 0 Å². The summed E-state index contributed by atoms with van der Waals surface area (Å²) in [5, 5.41) is 13.2. The number of hydrogen-bond donors (Lipinski definition) is 1. The normalized spacial score (nSPS) is 18.9. The molecule has 4 heteroatoms. The summed E-state index contributed by atoms with van der Waals surface area (Å²) in [4.78, 5) is 16.9. The van der Waals surface area contributed by atoms with Crippen molar-refractivity contribution in [3.05, 3.63) is 42.5 Å². The van der Waals surface area contributed by atoms with Crippen LogP contribution in [0.5, 0.6) is 5.75 Å². The first-order valence-corrected chi connectivity index (χ1v) is 8.38. The van der Waals surface area contributed by atoms with Crippen LogP contribution in [0.15, 0.2) is 42.5 Å². The average molecular weight is 313 g/mol. The molecular weight excluding hydrogens is 290 g/mol. The third-order valence-electron chi connectivity index (χ3n) is 4.47. The molecule has 2 aromatic rings. The fourth-order valence-corrected chi connectivity index (χ4v) is 3.27. The third-order valence-corrected chi connectivity index (χ3v) is 4.47. The van der Waals surface area contributed by atoms with Crippen LogP contribution in [0, 0.1) is 0 Å². The van der Waals surface area contributed by atoms with E-state index in [0.717, 1.165) is 36.9 Å². The highest BCUT2D eigenvalue weighted by atomic mass is 16.7. The third kappa shape index (κ3) is 4.02. The van der Waals surface area contributed by atoms with Gasteiger partial charge in [0.2, 0.25) is 0 Å². The molecule has 0 aliphatic carbocycles. The smallest absolute Gasteiger partial charge is 0.303 e. The molecule has 1 atom stereocenters. The highest BCUT2D eigenvalue weighted by Crippen LogP contribution is 2.29. The number of carbonyl (C=O) groups is 1. The van der Waals surface area contributed by atoms with E-state index >= 15 is 0 Å². The number of rotatable bonds is 6. The minimum absolute atomic E-state index is 0.235. The van der Waals surface area contributed by atoms with E-state index in [2.05, 4.69) is 23.3 Å². The lowest BCUT2D eigenvalue weighted by molar-refractivity contribution is -0.138. The number of benzene rings is 2. The maximum absolute atomic E-state index is 10.7. The van der Waals surface area contributed by atoms with Crippen molar-refractivity contribution in [3.8, 4) is 5.75 Å². The Hall–Kier alpha value is -2.07. The monoisotopic (exact) mass is 313 g/mol. The maximum atomic E-state index is 10.7. The van der Waals surface area contributed by atoms with Gasteiger partial charge >= 0.3 is 5.97 Å². The van der Waals surface area contributed by atoms with E-state index in [4.69, 9.17) is 9.94 Å². The summed E-state index contributed by atoms with van der Waals surface area (Å²) in [7, 11) is 0. The summed E-state index contributed by atoms with van der Waals surface area (Å²) in [5.74, 6) is 0.163. The van der Waals surface area contributed by atoms with Crippen molar-refractivity contribution in [3.63, 3.8) is 0 Å². The first-order chi connectivity index (χ1) is 11.2. The summed E-state index contributed by atoms with van der Waals surface area (Å²) in [6.45, 7) is 0.904. The highest BCUT2D eigenvalue weighted by molar-refractivity contribution is 5.88. The second-order valence-electron chi connectivity index (χ2n) is 6.14. The summed E-state index contributed by atoms with van der Waals surface area (Å²) in [6.07, 6.45) is 5.20. The van der Waals surface area contributed by atoms with E-state index < -0.39 is 5.97 Å². The fourth-order valence-electron chi connectivity index (χ4n) is 3.27. The van der Waals surface area contributed by atoms with Gasteiger partial charge in [-0.25, -0.2) is 0 Å². The predicted octanol–water partition coefficient (Wildman–Crippen LogP) is 4.24. The second-order valence-corrected chi connectivity index (χ2v) is 6.14. The van der Waals surface area contributed by atoms with Crippen LogP contribution in [-0.4, -0.2) is 28.7 Å². The van der Waals surface area contributed by atoms with Crippen molar-refractivity contribution >= 4 is 16.7 Å². The molecule has 2 aromatic carbocycles. The molecule has 0 aromatic heterocycles. The first kappa shape index (κ1) is 15.8. The Bertz CT molecular complexity index is 665. The number of hydroxylamine groups is 2. The van der Waals surface area contributed by atoms with Gasteiger partial charge in [-0.1, -0.05) is 42.8 Å². The largest absolute Gasteiger partial charge is 0.481 e. The van der Waals surface area contributed by atoms with E-state index in [1.807, 2.05) is 24.3 Å². The Morgan fingerprint density at radius 3 is 2.87 bits per heavy atom. The van der Waals surface area contributed by atoms with Crippen molar-refractivity contribution in [1.82, 2.24) is 5.06 Å². The van der Waals surface area contributed by atoms with E-state index in [9.17, 15) is 4.79 Å². The minimum Gasteiger partial charge on any atom is -0.481 e. The SMILES string of the molecule is O=C(O)CCCC1CCCCN1Oc1cccc2ccccc12. The molecule has 0 amide bonds. The molecule has 1 fully saturated rings. The van der Waals surface area contributed by atoms with Crippen molar-refractivity contribution in [2.45, 2.75) is 44.6 Å². The zero-order chi connectivity index (χ0) is 16.1. The van der Waals surface area contributed by atoms with E-state index in [1.165, 1.54) is 11.8 Å². The zero-order valence-corrected chi connectivity index (χ0v) is 13.3. The number of hydrogen-bond acceptors (Lipinski definition) is 3. The maximum Gasteiger partial charge on any atom is 0.303 e. The number of fused-ring (bicyclic) bond motifs is 1. The Kier molecular flexibility index (Phi) is 5.13. The van der Waals surface area contributed by atoms with E-state index in [-0.39, 0.29) is 6.42 Å². The summed E-state index contributed by atoms with van der Waals surface area (Å²) in [6, 6.07) is 14.6. The number of aliphatic carboxylic acids is 1. The van der Waals surface area contributed by atoms with Crippen LogP contribution in [0.2, 0.25) is 0 Å². The van der Waals surface area contributed by atoms with Crippen LogP contribution in [0.4, 0.5) is 0 Å². The fraction of sp³-hybridized carbons (Fsp3) is 0.421. The summed E-state index contributed by atoms with van der Waals surface area (Å²) < 4.78 is 0. The second kappa shape index (κ2) is 7.47. The van der Waals surface area contributed by atoms with E-state index in [0.29, 0.717) is 12.5 Å². The molecule has 1 heterocycles. The standard InChI is InChI=1S/C19H23NO3/c21-19(22)13-6-10-16-9-3-4-14-20(16)23-18-12-5-8-15-7-1-2-11-17(15)18/h1-2,5,7-8,11-12,16H,3-4,6,9-10,13-14H2,(H,21,22). The number of carboxylic acids is 1. The number of piperidine rings is 1. The van der Waals surface area contributed by atoms with Gasteiger partial charge in [-0.2, -0.15) is 0 Å². The van der Waals surface area contributed by atoms with Gasteiger partial charge in [-0.3, -0.25) is 4.79 Å². The van der Waals surface area contributed by atoms with Crippen LogP contribution in [0.25, 0.3) is 10.8 Å². The Morgan fingerprint density at radius 2 is 2.00 bits per heavy atom. The molecule has 1 aliphatic heterocycles. The van der Waals surface area contributed by atoms with Gasteiger partial charge in [-0.15, -0.1) is 5.06 Å². The molecule has 0 saturated carbocycles. The van der Waals surface area contributed by atoms with E-state index in [1.54, 1.807) is 0 Å². The van der Waals surface area contributed by atoms with Crippen molar-refractivity contribution in [1.29, 1.82) is 0 Å². The van der Waals surface area contributed by atoms with Gasteiger partial charge in [0, 0.05) is 24.4 Å². The Balaban J connectivity index is 1.72. The van der Waals surface area contributed by atoms with Crippen molar-refractivity contribution in [2.75, 3.05) is 6.54 Å². The molecule has 4 nitrogen and oxygen atoms in total. The molecule has 1 aliphatic rings. The first-order valence-electron chi connectivity index (χ1n) is 8.38. The highest BCUT2D eigenvalue weighted by Gasteiger charge is 2.24. The van der Waals surface area contributed by atoms with Gasteiger partial charge < -0.3 is 9.94 Å². The molecule has 3 rings (SSSR count). The summed E-state index contributed by atoms with van der Waals surface area (Å²) >= 11 is 0. The van der Waals surface area contributed by atoms with Crippen LogP contribution < -0.4 is 4.84 Å². The predicted molar refractivity (Wildman–Crippen MR) is 90.4 cm³/mol. The van der Waals surface area contributed by atoms with Gasteiger partial charge in [0.25, 0.3) is 0 Å². The minimum atomic E-state index is -0.720. The molecular formula is C19H23NO3. The molecule has 0 radical (unpaired) electrons. The lowest BCUT2D eigenvalue weighted by Crippen LogP contribution is -2.41. The molecule has 1 unspecified atom stereocenters. The van der Waals surface area contributed by atoms with Gasteiger partial charge in [-0.05, 0) is 37.1 Å². The van der Waals surface area contributed by atoms with Crippen LogP contribution in [0.1, 0.15) is 38.5 Å². The quantitative estimate of drug-likeness (QED) is 0.866. The number of nitrogens with zero attached hydrogens (tertiary/aromatic N) is 1. The Morgan fingerprint density at radius 1 is 1.17 bits per heavy atom. The molecule has 1 saturated heterocycles. The number of carboxylic acid groups (broad SMARTS) is 1. The molecule has 0 spiro atoms. The Labute approximate surface area is 136 Å². The topological polar surface area (TPSA) is 49.8 Å². The average Bonchev–Trinajstić information content (AvgIpc) is 2.56. The molecule has 0 bridgehead atoms. The van der Waals surface area contributed by atoms with Crippen LogP contribution in [-0.2, 0) is 4.79 Å². The summed E-state index contributed by atoms with van der Waals surface area (Å²) in [5.41, 5.74) is 0. The molecule has 23 heavy (non-hydrogen) atoms. The zero-order valence-electron chi connectivity index (χ0n) is 13.3. The molecule has 1 N–H and O–H groups in total. The van der Waals surface area contributed by atoms with Crippen LogP contribution >= 0.6 is 0 Å². The van der Waals surface area contributed by atoms with Gasteiger partial charge in [0.05, 0.1) is 0 Å². The van der Waals surface area contributed by atoms with Gasteiger partial charge in [0.15, 0.2) is 5.75 Å². The van der Waals surface area contributed by atoms with Gasteiger partial charge in [0.1, 0.15) is 0 Å². The molecule has 122 valence electrons. The van der Waals surface area contributed by atoms with Crippen molar-refractivity contribution in [2.24, 2.45) is 0 Å². The lowest BCUT2D eigenvalue weighted by Gasteiger charge is -2.35.